The maximum atomic E-state index is 10.6. The number of primary amides is 1. The van der Waals surface area contributed by atoms with Gasteiger partial charge in [-0.3, -0.25) is 9.48 Å². The topological polar surface area (TPSA) is 85.8 Å². The fraction of sp³-hybridized carbons (Fsp3) is 0.625. The minimum absolute atomic E-state index is 0.0594. The number of hydrogen-bond acceptors (Lipinski definition) is 4. The zero-order valence-corrected chi connectivity index (χ0v) is 8.40. The van der Waals surface area contributed by atoms with Gasteiger partial charge in [0, 0.05) is 19.5 Å². The van der Waals surface area contributed by atoms with Gasteiger partial charge in [-0.25, -0.2) is 4.98 Å². The summed E-state index contributed by atoms with van der Waals surface area (Å²) < 4.78 is 1.68. The smallest absolute Gasteiger partial charge is 0.218 e. The van der Waals surface area contributed by atoms with E-state index in [9.17, 15) is 4.79 Å². The Morgan fingerprint density at radius 3 is 3.00 bits per heavy atom. The van der Waals surface area contributed by atoms with Gasteiger partial charge in [-0.05, 0) is 6.92 Å². The summed E-state index contributed by atoms with van der Waals surface area (Å²) in [7, 11) is 1.82. The predicted octanol–water partition coefficient (Wildman–Crippen LogP) is -0.831. The van der Waals surface area contributed by atoms with Gasteiger partial charge in [0.05, 0.1) is 6.54 Å². The van der Waals surface area contributed by atoms with Crippen LogP contribution >= 0.6 is 0 Å². The molecule has 1 amide bonds. The second-order valence-corrected chi connectivity index (χ2v) is 3.25. The lowest BCUT2D eigenvalue weighted by Crippen LogP contribution is -2.31. The molecule has 0 radical (unpaired) electrons. The normalized spacial score (nSPS) is 12.7. The lowest BCUT2D eigenvalue weighted by molar-refractivity contribution is -0.118. The number of nitrogens with zero attached hydrogens (tertiary/aromatic N) is 3. The molecular formula is C8H15N5O. The molecular weight excluding hydrogens is 182 g/mol. The Labute approximate surface area is 82.5 Å². The first-order valence-electron chi connectivity index (χ1n) is 4.44. The van der Waals surface area contributed by atoms with Crippen molar-refractivity contribution in [2.24, 2.45) is 12.8 Å². The molecule has 14 heavy (non-hydrogen) atoms. The van der Waals surface area contributed by atoms with E-state index >= 15 is 0 Å². The van der Waals surface area contributed by atoms with Crippen molar-refractivity contribution in [2.75, 3.05) is 0 Å². The highest BCUT2D eigenvalue weighted by Gasteiger charge is 2.06. The molecule has 0 saturated heterocycles. The van der Waals surface area contributed by atoms with E-state index < -0.39 is 0 Å². The van der Waals surface area contributed by atoms with E-state index in [-0.39, 0.29) is 11.9 Å². The van der Waals surface area contributed by atoms with Crippen molar-refractivity contribution >= 4 is 5.91 Å². The van der Waals surface area contributed by atoms with Crippen LogP contribution in [0, 0.1) is 0 Å². The maximum Gasteiger partial charge on any atom is 0.218 e. The third-order valence-corrected chi connectivity index (χ3v) is 1.92. The Hall–Kier alpha value is -1.43. The molecule has 6 nitrogen and oxygen atoms in total. The molecule has 1 aromatic rings. The van der Waals surface area contributed by atoms with E-state index in [1.807, 2.05) is 14.0 Å². The SMILES string of the molecule is CC(CC(N)=O)NCc1ncnn1C. The average molecular weight is 197 g/mol. The minimum Gasteiger partial charge on any atom is -0.370 e. The Morgan fingerprint density at radius 2 is 2.50 bits per heavy atom. The second-order valence-electron chi connectivity index (χ2n) is 3.25. The van der Waals surface area contributed by atoms with Crippen LogP contribution in [-0.4, -0.2) is 26.7 Å². The van der Waals surface area contributed by atoms with Crippen LogP contribution in [0.15, 0.2) is 6.33 Å². The summed E-state index contributed by atoms with van der Waals surface area (Å²) in [4.78, 5) is 14.6. The van der Waals surface area contributed by atoms with Crippen molar-refractivity contribution in [1.29, 1.82) is 0 Å². The van der Waals surface area contributed by atoms with E-state index in [0.29, 0.717) is 13.0 Å². The molecule has 0 aliphatic heterocycles. The van der Waals surface area contributed by atoms with E-state index in [1.54, 1.807) is 4.68 Å². The Balaban J connectivity index is 2.34. The Kier molecular flexibility index (Phi) is 3.58. The maximum absolute atomic E-state index is 10.6. The van der Waals surface area contributed by atoms with Crippen LogP contribution in [0.4, 0.5) is 0 Å². The number of rotatable bonds is 5. The zero-order valence-electron chi connectivity index (χ0n) is 8.40. The first-order valence-corrected chi connectivity index (χ1v) is 4.44. The van der Waals surface area contributed by atoms with Crippen LogP contribution in [-0.2, 0) is 18.4 Å². The summed E-state index contributed by atoms with van der Waals surface area (Å²) in [6.07, 6.45) is 1.83. The largest absolute Gasteiger partial charge is 0.370 e. The third-order valence-electron chi connectivity index (χ3n) is 1.92. The third kappa shape index (κ3) is 3.14. The molecule has 6 heteroatoms. The van der Waals surface area contributed by atoms with Crippen molar-refractivity contribution < 1.29 is 4.79 Å². The quantitative estimate of drug-likeness (QED) is 0.645. The van der Waals surface area contributed by atoms with E-state index in [0.717, 1.165) is 5.82 Å². The molecule has 0 aromatic carbocycles. The molecule has 0 spiro atoms. The lowest BCUT2D eigenvalue weighted by atomic mass is 10.2. The van der Waals surface area contributed by atoms with Crippen molar-refractivity contribution in [3.8, 4) is 0 Å². The molecule has 1 heterocycles. The van der Waals surface area contributed by atoms with Crippen LogP contribution in [0.3, 0.4) is 0 Å². The first kappa shape index (κ1) is 10.6. The van der Waals surface area contributed by atoms with Gasteiger partial charge in [-0.2, -0.15) is 5.10 Å². The molecule has 0 aliphatic carbocycles. The van der Waals surface area contributed by atoms with Gasteiger partial charge in [0.1, 0.15) is 12.2 Å². The number of aryl methyl sites for hydroxylation is 1. The van der Waals surface area contributed by atoms with Gasteiger partial charge < -0.3 is 11.1 Å². The monoisotopic (exact) mass is 197 g/mol. The summed E-state index contributed by atoms with van der Waals surface area (Å²) in [5.74, 6) is 0.532. The Bertz CT molecular complexity index is 308. The summed E-state index contributed by atoms with van der Waals surface area (Å²) in [6, 6.07) is 0.0594. The number of aromatic nitrogens is 3. The van der Waals surface area contributed by atoms with Crippen LogP contribution in [0.2, 0.25) is 0 Å². The van der Waals surface area contributed by atoms with E-state index in [1.165, 1.54) is 6.33 Å². The van der Waals surface area contributed by atoms with Gasteiger partial charge in [-0.1, -0.05) is 0 Å². The Morgan fingerprint density at radius 1 is 1.79 bits per heavy atom. The van der Waals surface area contributed by atoms with Gasteiger partial charge in [-0.15, -0.1) is 0 Å². The summed E-state index contributed by atoms with van der Waals surface area (Å²) >= 11 is 0. The summed E-state index contributed by atoms with van der Waals surface area (Å²) in [6.45, 7) is 2.49. The number of carbonyl (C=O) groups excluding carboxylic acids is 1. The van der Waals surface area contributed by atoms with Gasteiger partial charge in [0.2, 0.25) is 5.91 Å². The minimum atomic E-state index is -0.303. The lowest BCUT2D eigenvalue weighted by Gasteiger charge is -2.10. The molecule has 1 atom stereocenters. The van der Waals surface area contributed by atoms with Gasteiger partial charge in [0.25, 0.3) is 0 Å². The number of nitrogens with two attached hydrogens (primary N) is 1. The summed E-state index contributed by atoms with van der Waals surface area (Å²) in [5, 5.41) is 7.06. The fourth-order valence-electron chi connectivity index (χ4n) is 1.12. The first-order chi connectivity index (χ1) is 6.59. The average Bonchev–Trinajstić information content (AvgIpc) is 2.46. The number of hydrogen-bond donors (Lipinski definition) is 2. The van der Waals surface area contributed by atoms with Crippen LogP contribution in [0.1, 0.15) is 19.2 Å². The van der Waals surface area contributed by atoms with Crippen molar-refractivity contribution in [2.45, 2.75) is 25.9 Å². The molecule has 0 bridgehead atoms. The van der Waals surface area contributed by atoms with Crippen molar-refractivity contribution in [3.05, 3.63) is 12.2 Å². The molecule has 1 aromatic heterocycles. The van der Waals surface area contributed by atoms with Gasteiger partial charge >= 0.3 is 0 Å². The van der Waals surface area contributed by atoms with Crippen molar-refractivity contribution in [1.82, 2.24) is 20.1 Å². The summed E-state index contributed by atoms with van der Waals surface area (Å²) in [5.41, 5.74) is 5.06. The highest BCUT2D eigenvalue weighted by atomic mass is 16.1. The van der Waals surface area contributed by atoms with Crippen LogP contribution < -0.4 is 11.1 Å². The zero-order chi connectivity index (χ0) is 10.6. The fourth-order valence-corrected chi connectivity index (χ4v) is 1.12. The standard InChI is InChI=1S/C8H15N5O/c1-6(3-7(9)14)10-4-8-11-5-12-13(8)2/h5-6,10H,3-4H2,1-2H3,(H2,9,14). The van der Waals surface area contributed by atoms with Crippen LogP contribution in [0.25, 0.3) is 0 Å². The second kappa shape index (κ2) is 4.71. The van der Waals surface area contributed by atoms with E-state index in [2.05, 4.69) is 15.4 Å². The number of carbonyl (C=O) groups is 1. The predicted molar refractivity (Wildman–Crippen MR) is 51.1 cm³/mol. The molecule has 0 aliphatic rings. The molecule has 1 unspecified atom stereocenters. The molecule has 1 rings (SSSR count). The highest BCUT2D eigenvalue weighted by Crippen LogP contribution is 1.94. The van der Waals surface area contributed by atoms with Crippen molar-refractivity contribution in [3.63, 3.8) is 0 Å². The molecule has 78 valence electrons. The van der Waals surface area contributed by atoms with E-state index in [4.69, 9.17) is 5.73 Å². The van der Waals surface area contributed by atoms with Gasteiger partial charge in [0.15, 0.2) is 0 Å². The molecule has 0 saturated carbocycles. The number of nitrogens with one attached hydrogen (secondary N) is 1. The molecule has 0 fully saturated rings. The number of amides is 1. The highest BCUT2D eigenvalue weighted by molar-refractivity contribution is 5.74. The van der Waals surface area contributed by atoms with Crippen LogP contribution in [0.5, 0.6) is 0 Å². The molecule has 3 N–H and O–H groups in total.